The Morgan fingerprint density at radius 2 is 1.80 bits per heavy atom. The maximum absolute atomic E-state index is 4.81. The summed E-state index contributed by atoms with van der Waals surface area (Å²) in [6.45, 7) is 16.8. The normalized spacial score (nSPS) is 26.6. The van der Waals surface area contributed by atoms with E-state index in [2.05, 4.69) is 41.2 Å². The van der Waals surface area contributed by atoms with E-state index in [0.29, 0.717) is 0 Å². The van der Waals surface area contributed by atoms with Gasteiger partial charge < -0.3 is 15.5 Å². The fourth-order valence-electron chi connectivity index (χ4n) is 4.18. The molecule has 1 aliphatic heterocycles. The van der Waals surface area contributed by atoms with E-state index >= 15 is 0 Å². The van der Waals surface area contributed by atoms with Gasteiger partial charge in [0.2, 0.25) is 0 Å². The van der Waals surface area contributed by atoms with E-state index in [1.54, 1.807) is 0 Å². The molecule has 2 fully saturated rings. The van der Waals surface area contributed by atoms with E-state index in [9.17, 15) is 0 Å². The van der Waals surface area contributed by atoms with Crippen molar-refractivity contribution in [1.82, 2.24) is 20.4 Å². The van der Waals surface area contributed by atoms with E-state index in [0.717, 1.165) is 44.0 Å². The average Bonchev–Trinajstić information content (AvgIpc) is 2.62. The van der Waals surface area contributed by atoms with Crippen LogP contribution in [0.3, 0.4) is 0 Å². The molecule has 0 aromatic rings. The second-order valence-electron chi connectivity index (χ2n) is 7.89. The molecule has 1 saturated heterocycles. The third-order valence-corrected chi connectivity index (χ3v) is 5.83. The van der Waals surface area contributed by atoms with Crippen molar-refractivity contribution in [2.24, 2.45) is 16.8 Å². The molecule has 2 aliphatic rings. The van der Waals surface area contributed by atoms with Gasteiger partial charge in [0.1, 0.15) is 0 Å². The largest absolute Gasteiger partial charge is 0.357 e. The predicted octanol–water partition coefficient (Wildman–Crippen LogP) is 2.40. The Morgan fingerprint density at radius 3 is 2.48 bits per heavy atom. The molecule has 146 valence electrons. The minimum Gasteiger partial charge on any atom is -0.357 e. The second kappa shape index (κ2) is 11.7. The van der Waals surface area contributed by atoms with Gasteiger partial charge >= 0.3 is 0 Å². The fourth-order valence-corrected chi connectivity index (χ4v) is 4.18. The molecule has 5 heteroatoms. The Labute approximate surface area is 155 Å². The van der Waals surface area contributed by atoms with Gasteiger partial charge in [-0.15, -0.1) is 0 Å². The lowest BCUT2D eigenvalue weighted by Crippen LogP contribution is -2.49. The summed E-state index contributed by atoms with van der Waals surface area (Å²) in [5, 5.41) is 6.92. The first-order chi connectivity index (χ1) is 12.2. The van der Waals surface area contributed by atoms with Gasteiger partial charge in [-0.05, 0) is 38.1 Å². The van der Waals surface area contributed by atoms with Gasteiger partial charge in [-0.25, -0.2) is 0 Å². The Kier molecular flexibility index (Phi) is 9.63. The summed E-state index contributed by atoms with van der Waals surface area (Å²) in [6.07, 6.45) is 6.91. The first-order valence-electron chi connectivity index (χ1n) is 10.7. The summed E-state index contributed by atoms with van der Waals surface area (Å²) in [6, 6.07) is 0. The SMILES string of the molecule is CCNC(=NCCC1CCCC(C)C1)NCCN1CCN(CC)CC1. The highest BCUT2D eigenvalue weighted by molar-refractivity contribution is 5.79. The molecule has 0 aromatic carbocycles. The molecular weight excluding hydrogens is 310 g/mol. The molecule has 1 heterocycles. The summed E-state index contributed by atoms with van der Waals surface area (Å²) in [7, 11) is 0. The zero-order valence-corrected chi connectivity index (χ0v) is 16.9. The van der Waals surface area contributed by atoms with E-state index in [1.807, 2.05) is 0 Å². The molecule has 1 saturated carbocycles. The number of hydrogen-bond acceptors (Lipinski definition) is 3. The van der Waals surface area contributed by atoms with Crippen LogP contribution in [0.4, 0.5) is 0 Å². The summed E-state index contributed by atoms with van der Waals surface area (Å²) >= 11 is 0. The Balaban J connectivity index is 1.63. The van der Waals surface area contributed by atoms with Crippen LogP contribution in [0.1, 0.15) is 52.9 Å². The van der Waals surface area contributed by atoms with Crippen molar-refractivity contribution < 1.29 is 0 Å². The topological polar surface area (TPSA) is 42.9 Å². The highest BCUT2D eigenvalue weighted by Gasteiger charge is 2.18. The maximum Gasteiger partial charge on any atom is 0.191 e. The van der Waals surface area contributed by atoms with Crippen LogP contribution in [0.25, 0.3) is 0 Å². The average molecular weight is 352 g/mol. The van der Waals surface area contributed by atoms with Gasteiger partial charge in [0.05, 0.1) is 0 Å². The smallest absolute Gasteiger partial charge is 0.191 e. The molecule has 2 unspecified atom stereocenters. The Hall–Kier alpha value is -0.810. The third kappa shape index (κ3) is 7.95. The number of likely N-dealkylation sites (N-methyl/N-ethyl adjacent to an activating group) is 1. The lowest BCUT2D eigenvalue weighted by atomic mass is 9.81. The van der Waals surface area contributed by atoms with E-state index in [4.69, 9.17) is 4.99 Å². The summed E-state index contributed by atoms with van der Waals surface area (Å²) in [5.41, 5.74) is 0. The van der Waals surface area contributed by atoms with Crippen molar-refractivity contribution in [2.75, 3.05) is 58.9 Å². The number of rotatable bonds is 8. The first kappa shape index (κ1) is 20.5. The van der Waals surface area contributed by atoms with Crippen LogP contribution in [0.2, 0.25) is 0 Å². The number of nitrogens with zero attached hydrogens (tertiary/aromatic N) is 3. The number of guanidine groups is 1. The van der Waals surface area contributed by atoms with Crippen LogP contribution < -0.4 is 10.6 Å². The Morgan fingerprint density at radius 1 is 1.04 bits per heavy atom. The first-order valence-corrected chi connectivity index (χ1v) is 10.7. The van der Waals surface area contributed by atoms with E-state index in [-0.39, 0.29) is 0 Å². The molecule has 0 amide bonds. The molecule has 5 nitrogen and oxygen atoms in total. The van der Waals surface area contributed by atoms with Crippen molar-refractivity contribution in [1.29, 1.82) is 0 Å². The predicted molar refractivity (Wildman–Crippen MR) is 108 cm³/mol. The zero-order chi connectivity index (χ0) is 17.9. The van der Waals surface area contributed by atoms with Gasteiger partial charge in [0, 0.05) is 52.4 Å². The number of nitrogens with one attached hydrogen (secondary N) is 2. The summed E-state index contributed by atoms with van der Waals surface area (Å²) < 4.78 is 0. The third-order valence-electron chi connectivity index (χ3n) is 5.83. The van der Waals surface area contributed by atoms with Gasteiger partial charge in [0.25, 0.3) is 0 Å². The molecule has 0 aromatic heterocycles. The molecular formula is C20H41N5. The molecule has 25 heavy (non-hydrogen) atoms. The minimum absolute atomic E-state index is 0.894. The number of piperazine rings is 1. The Bertz CT molecular complexity index is 376. The van der Waals surface area contributed by atoms with Crippen LogP contribution in [0.5, 0.6) is 0 Å². The van der Waals surface area contributed by atoms with Crippen molar-refractivity contribution in [3.8, 4) is 0 Å². The van der Waals surface area contributed by atoms with Crippen LogP contribution in [0.15, 0.2) is 4.99 Å². The van der Waals surface area contributed by atoms with Gasteiger partial charge in [0.15, 0.2) is 5.96 Å². The molecule has 2 rings (SSSR count). The molecule has 0 spiro atoms. The quantitative estimate of drug-likeness (QED) is 0.521. The van der Waals surface area contributed by atoms with Crippen molar-refractivity contribution in [2.45, 2.75) is 52.9 Å². The van der Waals surface area contributed by atoms with Crippen LogP contribution in [-0.2, 0) is 0 Å². The van der Waals surface area contributed by atoms with Gasteiger partial charge in [-0.1, -0.05) is 33.1 Å². The second-order valence-corrected chi connectivity index (χ2v) is 7.89. The standard InChI is InChI=1S/C20H41N5/c1-4-21-20(22-10-9-19-8-6-7-18(3)17-19)23-11-12-25-15-13-24(5-2)14-16-25/h18-19H,4-17H2,1-3H3,(H2,21,22,23). The van der Waals surface area contributed by atoms with Crippen molar-refractivity contribution >= 4 is 5.96 Å². The van der Waals surface area contributed by atoms with Crippen molar-refractivity contribution in [3.63, 3.8) is 0 Å². The van der Waals surface area contributed by atoms with Crippen LogP contribution in [0, 0.1) is 11.8 Å². The summed E-state index contributed by atoms with van der Waals surface area (Å²) in [4.78, 5) is 9.90. The van der Waals surface area contributed by atoms with Crippen molar-refractivity contribution in [3.05, 3.63) is 0 Å². The molecule has 0 bridgehead atoms. The van der Waals surface area contributed by atoms with Crippen LogP contribution >= 0.6 is 0 Å². The zero-order valence-electron chi connectivity index (χ0n) is 16.9. The number of aliphatic imine (C=N–C) groups is 1. The highest BCUT2D eigenvalue weighted by Crippen LogP contribution is 2.30. The lowest BCUT2D eigenvalue weighted by Gasteiger charge is -2.34. The van der Waals surface area contributed by atoms with Gasteiger partial charge in [-0.3, -0.25) is 9.89 Å². The van der Waals surface area contributed by atoms with Gasteiger partial charge in [-0.2, -0.15) is 0 Å². The molecule has 0 radical (unpaired) electrons. The number of hydrogen-bond donors (Lipinski definition) is 2. The molecule has 2 atom stereocenters. The van der Waals surface area contributed by atoms with E-state index in [1.165, 1.54) is 64.8 Å². The fraction of sp³-hybridized carbons (Fsp3) is 0.950. The monoisotopic (exact) mass is 351 g/mol. The minimum atomic E-state index is 0.894. The lowest BCUT2D eigenvalue weighted by molar-refractivity contribution is 0.139. The summed E-state index contributed by atoms with van der Waals surface area (Å²) in [5.74, 6) is 2.81. The molecule has 1 aliphatic carbocycles. The highest BCUT2D eigenvalue weighted by atomic mass is 15.3. The maximum atomic E-state index is 4.81. The molecule has 2 N–H and O–H groups in total. The van der Waals surface area contributed by atoms with Crippen LogP contribution in [-0.4, -0.2) is 74.7 Å². The van der Waals surface area contributed by atoms with E-state index < -0.39 is 0 Å².